The average molecular weight is 513 g/mol. The monoisotopic (exact) mass is 512 g/mol. The molecule has 0 aliphatic rings. The lowest BCUT2D eigenvalue weighted by molar-refractivity contribution is 0.0321. The molecule has 0 saturated heterocycles. The first-order chi connectivity index (χ1) is 18.6. The first-order valence-electron chi connectivity index (χ1n) is 12.5. The number of fused-ring (bicyclic) bond motifs is 1. The van der Waals surface area contributed by atoms with Gasteiger partial charge in [0.25, 0.3) is 6.01 Å². The molecule has 0 saturated carbocycles. The first-order valence-corrected chi connectivity index (χ1v) is 12.5. The number of aromatic nitrogens is 6. The number of imidazole rings is 1. The van der Waals surface area contributed by atoms with Crippen molar-refractivity contribution in [3.63, 3.8) is 0 Å². The lowest BCUT2D eigenvalue weighted by atomic mass is 9.98. The Bertz CT molecular complexity index is 1530. The highest BCUT2D eigenvalue weighted by Gasteiger charge is 2.21. The van der Waals surface area contributed by atoms with Crippen molar-refractivity contribution in [3.05, 3.63) is 77.9 Å². The van der Waals surface area contributed by atoms with Crippen molar-refractivity contribution in [2.45, 2.75) is 33.4 Å². The quantitative estimate of drug-likeness (QED) is 0.255. The van der Waals surface area contributed by atoms with E-state index in [4.69, 9.17) is 19.2 Å². The topological polar surface area (TPSA) is 117 Å². The van der Waals surface area contributed by atoms with E-state index in [-0.39, 0.29) is 6.61 Å². The fraction of sp³-hybridized carbons (Fsp3) is 0.250. The molecule has 194 valence electrons. The molecule has 0 bridgehead atoms. The molecule has 0 radical (unpaired) electrons. The van der Waals surface area contributed by atoms with Gasteiger partial charge in [-0.25, -0.2) is 4.79 Å². The van der Waals surface area contributed by atoms with Crippen molar-refractivity contribution in [1.82, 2.24) is 30.2 Å². The first kappa shape index (κ1) is 24.9. The number of carbonyl (C=O) groups excluding carboxylic acids is 1. The highest BCUT2D eigenvalue weighted by molar-refractivity contribution is 5.82. The molecule has 2 heterocycles. The summed E-state index contributed by atoms with van der Waals surface area (Å²) >= 11 is 0. The molecule has 3 aromatic carbocycles. The van der Waals surface area contributed by atoms with E-state index >= 15 is 0 Å². The van der Waals surface area contributed by atoms with Gasteiger partial charge in [-0.15, -0.1) is 10.2 Å². The van der Waals surface area contributed by atoms with Crippen molar-refractivity contribution in [1.29, 1.82) is 0 Å². The molecule has 0 aliphatic heterocycles. The van der Waals surface area contributed by atoms with Crippen LogP contribution in [-0.2, 0) is 16.0 Å². The van der Waals surface area contributed by atoms with Gasteiger partial charge in [-0.3, -0.25) is 4.57 Å². The van der Waals surface area contributed by atoms with Gasteiger partial charge in [-0.2, -0.15) is 10.2 Å². The zero-order valence-electron chi connectivity index (χ0n) is 21.4. The smallest absolute Gasteiger partial charge is 0.465 e. The van der Waals surface area contributed by atoms with Gasteiger partial charge in [0, 0.05) is 11.1 Å². The number of nitrogens with zero attached hydrogens (tertiary/aromatic N) is 5. The van der Waals surface area contributed by atoms with Crippen LogP contribution >= 0.6 is 0 Å². The molecule has 5 rings (SSSR count). The second-order valence-electron chi connectivity index (χ2n) is 8.55. The average Bonchev–Trinajstić information content (AvgIpc) is 3.58. The van der Waals surface area contributed by atoms with Crippen molar-refractivity contribution in [3.8, 4) is 28.5 Å². The number of para-hydroxylation sites is 1. The van der Waals surface area contributed by atoms with Crippen LogP contribution in [0.4, 0.5) is 4.79 Å². The number of hydrogen-bond acceptors (Lipinski definition) is 8. The van der Waals surface area contributed by atoms with Crippen molar-refractivity contribution >= 4 is 17.2 Å². The van der Waals surface area contributed by atoms with Gasteiger partial charge in [0.1, 0.15) is 6.10 Å². The summed E-state index contributed by atoms with van der Waals surface area (Å²) in [5.41, 5.74) is 6.43. The molecule has 2 aromatic heterocycles. The molecular weight excluding hydrogens is 484 g/mol. The van der Waals surface area contributed by atoms with Gasteiger partial charge in [0.05, 0.1) is 30.8 Å². The third-order valence-corrected chi connectivity index (χ3v) is 6.14. The maximum absolute atomic E-state index is 11.9. The Morgan fingerprint density at radius 2 is 1.76 bits per heavy atom. The van der Waals surface area contributed by atoms with Crippen LogP contribution in [0.5, 0.6) is 6.01 Å². The van der Waals surface area contributed by atoms with E-state index in [2.05, 4.69) is 44.9 Å². The van der Waals surface area contributed by atoms with Crippen molar-refractivity contribution in [2.24, 2.45) is 0 Å². The third-order valence-electron chi connectivity index (χ3n) is 6.14. The van der Waals surface area contributed by atoms with Crippen molar-refractivity contribution < 1.29 is 19.0 Å². The van der Waals surface area contributed by atoms with Crippen LogP contribution < -0.4 is 4.74 Å². The Hall–Kier alpha value is -4.73. The molecule has 0 aliphatic carbocycles. The molecule has 10 heteroatoms. The minimum atomic E-state index is -0.706. The van der Waals surface area contributed by atoms with E-state index in [1.807, 2.05) is 54.0 Å². The van der Waals surface area contributed by atoms with E-state index in [0.29, 0.717) is 25.0 Å². The Labute approximate surface area is 219 Å². The fourth-order valence-electron chi connectivity index (χ4n) is 4.41. The highest BCUT2D eigenvalue weighted by atomic mass is 16.7. The minimum Gasteiger partial charge on any atom is -0.465 e. The van der Waals surface area contributed by atoms with Crippen LogP contribution in [0.25, 0.3) is 33.5 Å². The number of nitrogens with one attached hydrogen (secondary N) is 1. The summed E-state index contributed by atoms with van der Waals surface area (Å²) in [6, 6.07) is 22.6. The molecular formula is C28H28N6O4. The maximum Gasteiger partial charge on any atom is 0.508 e. The minimum absolute atomic E-state index is 0.250. The molecule has 1 atom stereocenters. The summed E-state index contributed by atoms with van der Waals surface area (Å²) in [5, 5.41) is 14.5. The zero-order valence-corrected chi connectivity index (χ0v) is 21.4. The number of rotatable bonds is 9. The second-order valence-corrected chi connectivity index (χ2v) is 8.55. The van der Waals surface area contributed by atoms with Gasteiger partial charge in [-0.05, 0) is 48.7 Å². The molecule has 10 nitrogen and oxygen atoms in total. The van der Waals surface area contributed by atoms with E-state index in [1.165, 1.54) is 0 Å². The van der Waals surface area contributed by atoms with Gasteiger partial charge < -0.3 is 14.2 Å². The highest BCUT2D eigenvalue weighted by Crippen LogP contribution is 2.32. The summed E-state index contributed by atoms with van der Waals surface area (Å²) in [6.07, 6.45) is -1.24. The number of aromatic amines is 1. The molecule has 38 heavy (non-hydrogen) atoms. The van der Waals surface area contributed by atoms with Gasteiger partial charge in [0.15, 0.2) is 0 Å². The predicted octanol–water partition coefficient (Wildman–Crippen LogP) is 5.56. The molecule has 1 unspecified atom stereocenters. The number of ether oxygens (including phenoxy) is 3. The molecule has 0 spiro atoms. The number of benzene rings is 3. The maximum atomic E-state index is 11.9. The van der Waals surface area contributed by atoms with E-state index in [9.17, 15) is 4.79 Å². The predicted molar refractivity (Wildman–Crippen MR) is 142 cm³/mol. The Kier molecular flexibility index (Phi) is 7.30. The molecule has 0 amide bonds. The molecule has 1 N–H and O–H groups in total. The lowest BCUT2D eigenvalue weighted by Gasteiger charge is -2.14. The fourth-order valence-corrected chi connectivity index (χ4v) is 4.41. The Morgan fingerprint density at radius 1 is 0.974 bits per heavy atom. The van der Waals surface area contributed by atoms with Crippen LogP contribution in [0.1, 0.15) is 38.0 Å². The number of H-pyrrole nitrogens is 1. The van der Waals surface area contributed by atoms with Crippen LogP contribution in [0.2, 0.25) is 0 Å². The summed E-state index contributed by atoms with van der Waals surface area (Å²) in [6.45, 7) is 6.74. The largest absolute Gasteiger partial charge is 0.508 e. The van der Waals surface area contributed by atoms with E-state index in [1.54, 1.807) is 13.8 Å². The van der Waals surface area contributed by atoms with Crippen LogP contribution in [-0.4, -0.2) is 49.5 Å². The SMILES string of the molecule is CCOC(=O)OC(C)c1cccc2c1nc(OCC)n2Cc1ccc(-c2ccccc2-c2nn[nH]n2)cc1. The Morgan fingerprint density at radius 3 is 2.47 bits per heavy atom. The van der Waals surface area contributed by atoms with Gasteiger partial charge >= 0.3 is 6.16 Å². The van der Waals surface area contributed by atoms with Crippen LogP contribution in [0, 0.1) is 0 Å². The molecule has 5 aromatic rings. The van der Waals surface area contributed by atoms with Crippen LogP contribution in [0.3, 0.4) is 0 Å². The van der Waals surface area contributed by atoms with E-state index in [0.717, 1.165) is 38.9 Å². The standard InChI is InChI=1S/C28H28N6O4/c1-4-36-27-29-25-21(18(3)38-28(35)37-5-2)11-8-12-24(25)34(27)17-19-13-15-20(16-14-19)22-9-6-7-10-23(22)26-30-32-33-31-26/h6-16,18H,4-5,17H2,1-3H3,(H,30,31,32,33). The normalized spacial score (nSPS) is 11.9. The second kappa shape index (κ2) is 11.1. The van der Waals surface area contributed by atoms with Gasteiger partial charge in [0.2, 0.25) is 5.82 Å². The van der Waals surface area contributed by atoms with Crippen LogP contribution in [0.15, 0.2) is 66.7 Å². The number of tetrazole rings is 1. The summed E-state index contributed by atoms with van der Waals surface area (Å²) in [4.78, 5) is 16.7. The lowest BCUT2D eigenvalue weighted by Crippen LogP contribution is -2.11. The number of carbonyl (C=O) groups is 1. The summed E-state index contributed by atoms with van der Waals surface area (Å²) in [5.74, 6) is 0.549. The summed E-state index contributed by atoms with van der Waals surface area (Å²) in [7, 11) is 0. The third kappa shape index (κ3) is 5.06. The zero-order chi connectivity index (χ0) is 26.5. The Balaban J connectivity index is 1.45. The van der Waals surface area contributed by atoms with E-state index < -0.39 is 12.3 Å². The van der Waals surface area contributed by atoms with Gasteiger partial charge in [-0.1, -0.05) is 60.7 Å². The molecule has 0 fully saturated rings. The number of hydrogen-bond donors (Lipinski definition) is 1. The van der Waals surface area contributed by atoms with Crippen molar-refractivity contribution in [2.75, 3.05) is 13.2 Å². The summed E-state index contributed by atoms with van der Waals surface area (Å²) < 4.78 is 18.3.